The first-order valence-corrected chi connectivity index (χ1v) is 5.38. The van der Waals surface area contributed by atoms with Gasteiger partial charge in [-0.25, -0.2) is 0 Å². The fraction of sp³-hybridized carbons (Fsp3) is 0.800. The highest BCUT2D eigenvalue weighted by molar-refractivity contribution is 5.82. The van der Waals surface area contributed by atoms with E-state index in [0.717, 1.165) is 13.0 Å². The SMILES string of the molecule is CCC1C(=O)NCCN1CCCC(=O)O. The summed E-state index contributed by atoms with van der Waals surface area (Å²) in [6.07, 6.45) is 1.56. The fourth-order valence-electron chi connectivity index (χ4n) is 1.91. The minimum absolute atomic E-state index is 0.0686. The molecule has 0 aromatic heterocycles. The number of carbonyl (C=O) groups excluding carboxylic acids is 1. The standard InChI is InChI=1S/C10H18N2O3/c1-2-8-10(15)11-5-7-12(8)6-3-4-9(13)14/h8H,2-7H2,1H3,(H,11,15)(H,13,14). The molecule has 15 heavy (non-hydrogen) atoms. The first kappa shape index (κ1) is 12.0. The van der Waals surface area contributed by atoms with Gasteiger partial charge < -0.3 is 10.4 Å². The molecule has 1 aliphatic heterocycles. The predicted molar refractivity (Wildman–Crippen MR) is 55.5 cm³/mol. The van der Waals surface area contributed by atoms with Crippen LogP contribution in [-0.2, 0) is 9.59 Å². The molecule has 0 aromatic rings. The van der Waals surface area contributed by atoms with Gasteiger partial charge in [0.15, 0.2) is 0 Å². The predicted octanol–water partition coefficient (Wildman–Crippen LogP) is 0.0616. The van der Waals surface area contributed by atoms with E-state index in [4.69, 9.17) is 5.11 Å². The second-order valence-corrected chi connectivity index (χ2v) is 3.75. The number of rotatable bonds is 5. The number of carbonyl (C=O) groups is 2. The maximum absolute atomic E-state index is 11.5. The molecule has 0 radical (unpaired) electrons. The van der Waals surface area contributed by atoms with Crippen molar-refractivity contribution in [2.75, 3.05) is 19.6 Å². The van der Waals surface area contributed by atoms with Gasteiger partial charge in [0.1, 0.15) is 0 Å². The Hall–Kier alpha value is -1.10. The van der Waals surface area contributed by atoms with Gasteiger partial charge in [-0.15, -0.1) is 0 Å². The van der Waals surface area contributed by atoms with Crippen LogP contribution in [0.2, 0.25) is 0 Å². The van der Waals surface area contributed by atoms with E-state index in [-0.39, 0.29) is 18.4 Å². The van der Waals surface area contributed by atoms with E-state index in [1.807, 2.05) is 6.92 Å². The lowest BCUT2D eigenvalue weighted by Crippen LogP contribution is -2.55. The second-order valence-electron chi connectivity index (χ2n) is 3.75. The molecule has 0 bridgehead atoms. The molecule has 5 nitrogen and oxygen atoms in total. The van der Waals surface area contributed by atoms with Crippen molar-refractivity contribution >= 4 is 11.9 Å². The number of nitrogens with zero attached hydrogens (tertiary/aromatic N) is 1. The highest BCUT2D eigenvalue weighted by Gasteiger charge is 2.27. The van der Waals surface area contributed by atoms with Crippen LogP contribution in [0.1, 0.15) is 26.2 Å². The van der Waals surface area contributed by atoms with Crippen LogP contribution in [0.3, 0.4) is 0 Å². The topological polar surface area (TPSA) is 69.6 Å². The molecule has 1 rings (SSSR count). The molecule has 1 saturated heterocycles. The van der Waals surface area contributed by atoms with E-state index in [2.05, 4.69) is 10.2 Å². The molecule has 2 N–H and O–H groups in total. The van der Waals surface area contributed by atoms with Crippen molar-refractivity contribution < 1.29 is 14.7 Å². The summed E-state index contributed by atoms with van der Waals surface area (Å²) in [6.45, 7) is 4.16. The smallest absolute Gasteiger partial charge is 0.303 e. The summed E-state index contributed by atoms with van der Waals surface area (Å²) in [5, 5.41) is 11.3. The number of hydrogen-bond donors (Lipinski definition) is 2. The summed E-state index contributed by atoms with van der Waals surface area (Å²) in [4.78, 5) is 23.9. The van der Waals surface area contributed by atoms with Crippen molar-refractivity contribution in [3.8, 4) is 0 Å². The van der Waals surface area contributed by atoms with Gasteiger partial charge >= 0.3 is 5.97 Å². The summed E-state index contributed by atoms with van der Waals surface area (Å²) in [6, 6.07) is -0.0763. The summed E-state index contributed by atoms with van der Waals surface area (Å²) in [5.41, 5.74) is 0. The molecule has 1 fully saturated rings. The maximum Gasteiger partial charge on any atom is 0.303 e. The Morgan fingerprint density at radius 1 is 1.67 bits per heavy atom. The largest absolute Gasteiger partial charge is 0.481 e. The lowest BCUT2D eigenvalue weighted by Gasteiger charge is -2.34. The average molecular weight is 214 g/mol. The van der Waals surface area contributed by atoms with Crippen molar-refractivity contribution in [2.24, 2.45) is 0 Å². The monoisotopic (exact) mass is 214 g/mol. The van der Waals surface area contributed by atoms with Crippen LogP contribution in [0.5, 0.6) is 0 Å². The van der Waals surface area contributed by atoms with Crippen LogP contribution >= 0.6 is 0 Å². The van der Waals surface area contributed by atoms with Gasteiger partial charge in [0.25, 0.3) is 0 Å². The first-order valence-electron chi connectivity index (χ1n) is 5.38. The summed E-state index contributed by atoms with van der Waals surface area (Å²) >= 11 is 0. The molecule has 0 aromatic carbocycles. The van der Waals surface area contributed by atoms with E-state index in [1.165, 1.54) is 0 Å². The quantitative estimate of drug-likeness (QED) is 0.679. The van der Waals surface area contributed by atoms with Gasteiger partial charge in [-0.2, -0.15) is 0 Å². The van der Waals surface area contributed by atoms with Crippen LogP contribution in [0.15, 0.2) is 0 Å². The van der Waals surface area contributed by atoms with E-state index in [9.17, 15) is 9.59 Å². The zero-order valence-corrected chi connectivity index (χ0v) is 9.03. The summed E-state index contributed by atoms with van der Waals surface area (Å²) in [7, 11) is 0. The second kappa shape index (κ2) is 5.70. The lowest BCUT2D eigenvalue weighted by atomic mass is 10.1. The molecule has 1 atom stereocenters. The molecular formula is C10H18N2O3. The third-order valence-corrected chi connectivity index (χ3v) is 2.66. The summed E-state index contributed by atoms with van der Waals surface area (Å²) in [5.74, 6) is -0.705. The normalized spacial score (nSPS) is 22.5. The van der Waals surface area contributed by atoms with Gasteiger partial charge in [-0.3, -0.25) is 14.5 Å². The van der Waals surface area contributed by atoms with E-state index in [1.54, 1.807) is 0 Å². The minimum Gasteiger partial charge on any atom is -0.481 e. The molecule has 0 aliphatic carbocycles. The molecule has 0 saturated carbocycles. The molecule has 1 heterocycles. The number of carboxylic acid groups (broad SMARTS) is 1. The number of nitrogens with one attached hydrogen (secondary N) is 1. The number of piperazine rings is 1. The van der Waals surface area contributed by atoms with E-state index >= 15 is 0 Å². The Labute approximate surface area is 89.4 Å². The molecular weight excluding hydrogens is 196 g/mol. The Bertz CT molecular complexity index is 243. The zero-order valence-electron chi connectivity index (χ0n) is 9.03. The first-order chi connectivity index (χ1) is 7.15. The fourth-order valence-corrected chi connectivity index (χ4v) is 1.91. The number of carboxylic acids is 1. The van der Waals surface area contributed by atoms with Gasteiger partial charge in [-0.05, 0) is 19.4 Å². The highest BCUT2D eigenvalue weighted by atomic mass is 16.4. The Balaban J connectivity index is 2.37. The highest BCUT2D eigenvalue weighted by Crippen LogP contribution is 2.09. The van der Waals surface area contributed by atoms with Crippen molar-refractivity contribution in [2.45, 2.75) is 32.2 Å². The van der Waals surface area contributed by atoms with Crippen LogP contribution in [0.4, 0.5) is 0 Å². The average Bonchev–Trinajstić information content (AvgIpc) is 2.17. The Kier molecular flexibility index (Phi) is 4.55. The van der Waals surface area contributed by atoms with Crippen molar-refractivity contribution in [3.05, 3.63) is 0 Å². The molecule has 1 aliphatic rings. The van der Waals surface area contributed by atoms with Crippen LogP contribution in [-0.4, -0.2) is 47.6 Å². The van der Waals surface area contributed by atoms with Crippen LogP contribution in [0.25, 0.3) is 0 Å². The molecule has 86 valence electrons. The number of hydrogen-bond acceptors (Lipinski definition) is 3. The van der Waals surface area contributed by atoms with E-state index in [0.29, 0.717) is 19.5 Å². The van der Waals surface area contributed by atoms with Crippen molar-refractivity contribution in [1.29, 1.82) is 0 Å². The Morgan fingerprint density at radius 3 is 3.00 bits per heavy atom. The van der Waals surface area contributed by atoms with Gasteiger partial charge in [-0.1, -0.05) is 6.92 Å². The molecule has 1 amide bonds. The molecule has 5 heteroatoms. The molecule has 0 spiro atoms. The third kappa shape index (κ3) is 3.51. The van der Waals surface area contributed by atoms with E-state index < -0.39 is 5.97 Å². The number of amides is 1. The lowest BCUT2D eigenvalue weighted by molar-refractivity contribution is -0.137. The van der Waals surface area contributed by atoms with Gasteiger partial charge in [0.05, 0.1) is 6.04 Å². The van der Waals surface area contributed by atoms with Crippen molar-refractivity contribution in [1.82, 2.24) is 10.2 Å². The van der Waals surface area contributed by atoms with Crippen molar-refractivity contribution in [3.63, 3.8) is 0 Å². The van der Waals surface area contributed by atoms with Crippen LogP contribution < -0.4 is 5.32 Å². The van der Waals surface area contributed by atoms with Crippen LogP contribution in [0, 0.1) is 0 Å². The third-order valence-electron chi connectivity index (χ3n) is 2.66. The number of aliphatic carboxylic acids is 1. The summed E-state index contributed by atoms with van der Waals surface area (Å²) < 4.78 is 0. The minimum atomic E-state index is -0.774. The van der Waals surface area contributed by atoms with Gasteiger partial charge in [0.2, 0.25) is 5.91 Å². The maximum atomic E-state index is 11.5. The zero-order chi connectivity index (χ0) is 11.3. The molecule has 1 unspecified atom stereocenters. The van der Waals surface area contributed by atoms with Gasteiger partial charge in [0, 0.05) is 19.5 Å². The Morgan fingerprint density at radius 2 is 2.40 bits per heavy atom.